The van der Waals surface area contributed by atoms with E-state index in [1.807, 2.05) is 6.07 Å². The molecule has 1 aliphatic heterocycles. The first-order valence-electron chi connectivity index (χ1n) is 5.95. The number of benzene rings is 1. The van der Waals surface area contributed by atoms with E-state index < -0.39 is 0 Å². The molecule has 96 valence electrons. The molecule has 0 unspecified atom stereocenters. The lowest BCUT2D eigenvalue weighted by Gasteiger charge is -2.33. The fourth-order valence-electron chi connectivity index (χ4n) is 2.12. The van der Waals surface area contributed by atoms with E-state index in [2.05, 4.69) is 31.8 Å². The number of piperazine rings is 1. The third-order valence-corrected chi connectivity index (χ3v) is 4.07. The van der Waals surface area contributed by atoms with Crippen LogP contribution in [-0.2, 0) is 6.54 Å². The lowest BCUT2D eigenvalue weighted by Crippen LogP contribution is -2.45. The molecule has 0 atom stereocenters. The average molecular weight is 312 g/mol. The maximum absolute atomic E-state index is 13.4. The summed E-state index contributed by atoms with van der Waals surface area (Å²) in [7, 11) is 0. The van der Waals surface area contributed by atoms with Crippen molar-refractivity contribution in [3.8, 4) is 6.07 Å². The van der Waals surface area contributed by atoms with Gasteiger partial charge in [-0.2, -0.15) is 5.26 Å². The molecule has 0 saturated carbocycles. The van der Waals surface area contributed by atoms with Crippen LogP contribution < -0.4 is 0 Å². The molecular formula is C13H15BrFN3. The molecule has 0 aliphatic carbocycles. The lowest BCUT2D eigenvalue weighted by molar-refractivity contribution is 0.138. The third kappa shape index (κ3) is 3.29. The Labute approximate surface area is 115 Å². The van der Waals surface area contributed by atoms with Crippen molar-refractivity contribution in [3.63, 3.8) is 0 Å². The van der Waals surface area contributed by atoms with E-state index in [-0.39, 0.29) is 5.82 Å². The molecule has 1 aromatic carbocycles. The summed E-state index contributed by atoms with van der Waals surface area (Å²) in [6.45, 7) is 4.90. The van der Waals surface area contributed by atoms with Gasteiger partial charge < -0.3 is 0 Å². The van der Waals surface area contributed by atoms with Crippen molar-refractivity contribution in [1.82, 2.24) is 9.80 Å². The van der Waals surface area contributed by atoms with E-state index in [1.165, 1.54) is 6.07 Å². The summed E-state index contributed by atoms with van der Waals surface area (Å²) in [5.41, 5.74) is 0.976. The number of hydrogen-bond acceptors (Lipinski definition) is 3. The maximum atomic E-state index is 13.4. The molecule has 18 heavy (non-hydrogen) atoms. The minimum atomic E-state index is -0.212. The van der Waals surface area contributed by atoms with Crippen LogP contribution in [0.4, 0.5) is 4.39 Å². The molecule has 5 heteroatoms. The van der Waals surface area contributed by atoms with Crippen LogP contribution in [-0.4, -0.2) is 42.5 Å². The topological polar surface area (TPSA) is 30.3 Å². The van der Waals surface area contributed by atoms with Crippen LogP contribution in [0.3, 0.4) is 0 Å². The first kappa shape index (κ1) is 13.5. The largest absolute Gasteiger partial charge is 0.296 e. The van der Waals surface area contributed by atoms with E-state index in [9.17, 15) is 4.39 Å². The van der Waals surface area contributed by atoms with Gasteiger partial charge in [0.25, 0.3) is 0 Å². The Kier molecular flexibility index (Phi) is 4.70. The number of hydrogen-bond donors (Lipinski definition) is 0. The highest BCUT2D eigenvalue weighted by Gasteiger charge is 2.17. The molecule has 0 aromatic heterocycles. The zero-order chi connectivity index (χ0) is 13.0. The molecule has 0 spiro atoms. The highest BCUT2D eigenvalue weighted by atomic mass is 79.9. The van der Waals surface area contributed by atoms with E-state index in [0.717, 1.165) is 38.3 Å². The van der Waals surface area contributed by atoms with E-state index >= 15 is 0 Å². The number of nitrogens with zero attached hydrogens (tertiary/aromatic N) is 3. The molecule has 1 fully saturated rings. The molecule has 1 heterocycles. The zero-order valence-electron chi connectivity index (χ0n) is 10.1. The van der Waals surface area contributed by atoms with Crippen LogP contribution in [0.1, 0.15) is 5.56 Å². The maximum Gasteiger partial charge on any atom is 0.137 e. The molecule has 3 nitrogen and oxygen atoms in total. The Balaban J connectivity index is 1.92. The fraction of sp³-hybridized carbons (Fsp3) is 0.462. The van der Waals surface area contributed by atoms with Crippen LogP contribution in [0.25, 0.3) is 0 Å². The second-order valence-corrected chi connectivity index (χ2v) is 5.22. The quantitative estimate of drug-likeness (QED) is 0.802. The second-order valence-electron chi connectivity index (χ2n) is 4.42. The first-order valence-corrected chi connectivity index (χ1v) is 6.74. The molecule has 1 aromatic rings. The molecule has 0 amide bonds. The van der Waals surface area contributed by atoms with Gasteiger partial charge in [0.15, 0.2) is 0 Å². The van der Waals surface area contributed by atoms with Crippen molar-refractivity contribution >= 4 is 15.9 Å². The van der Waals surface area contributed by atoms with Gasteiger partial charge in [-0.05, 0) is 27.6 Å². The van der Waals surface area contributed by atoms with Gasteiger partial charge in [0.05, 0.1) is 17.1 Å². The van der Waals surface area contributed by atoms with Crippen LogP contribution in [0, 0.1) is 17.1 Å². The molecule has 1 aliphatic rings. The minimum absolute atomic E-state index is 0.212. The Morgan fingerprint density at radius 3 is 2.56 bits per heavy atom. The van der Waals surface area contributed by atoms with Gasteiger partial charge in [-0.25, -0.2) is 4.39 Å². The van der Waals surface area contributed by atoms with Crippen LogP contribution >= 0.6 is 15.9 Å². The van der Waals surface area contributed by atoms with Crippen molar-refractivity contribution in [2.24, 2.45) is 0 Å². The Morgan fingerprint density at radius 2 is 1.89 bits per heavy atom. The van der Waals surface area contributed by atoms with Crippen LogP contribution in [0.5, 0.6) is 0 Å². The van der Waals surface area contributed by atoms with Gasteiger partial charge in [-0.1, -0.05) is 12.1 Å². The minimum Gasteiger partial charge on any atom is -0.296 e. The van der Waals surface area contributed by atoms with Crippen molar-refractivity contribution in [2.45, 2.75) is 6.54 Å². The standard InChI is InChI=1S/C13H15BrFN3/c14-13-11(2-1-3-12(13)15)10-18-8-6-17(5-4-16)7-9-18/h1-3H,5-10H2. The predicted molar refractivity (Wildman–Crippen MR) is 71.4 cm³/mol. The SMILES string of the molecule is N#CCN1CCN(Cc2cccc(F)c2Br)CC1. The number of nitriles is 1. The van der Waals surface area contributed by atoms with E-state index in [4.69, 9.17) is 5.26 Å². The first-order chi connectivity index (χ1) is 8.70. The van der Waals surface area contributed by atoms with Gasteiger partial charge in [-0.3, -0.25) is 9.80 Å². The highest BCUT2D eigenvalue weighted by Crippen LogP contribution is 2.22. The highest BCUT2D eigenvalue weighted by molar-refractivity contribution is 9.10. The summed E-state index contributed by atoms with van der Waals surface area (Å²) >= 11 is 3.29. The molecule has 1 saturated heterocycles. The van der Waals surface area contributed by atoms with Gasteiger partial charge in [0.1, 0.15) is 5.82 Å². The summed E-state index contributed by atoms with van der Waals surface area (Å²) in [6, 6.07) is 7.30. The van der Waals surface area contributed by atoms with Crippen molar-refractivity contribution in [1.29, 1.82) is 5.26 Å². The normalized spacial score (nSPS) is 17.6. The Morgan fingerprint density at radius 1 is 1.22 bits per heavy atom. The van der Waals surface area contributed by atoms with Crippen LogP contribution in [0.2, 0.25) is 0 Å². The number of halogens is 2. The number of rotatable bonds is 3. The zero-order valence-corrected chi connectivity index (χ0v) is 11.7. The fourth-order valence-corrected chi connectivity index (χ4v) is 2.51. The van der Waals surface area contributed by atoms with Gasteiger partial charge in [0.2, 0.25) is 0 Å². The Bertz CT molecular complexity index is 450. The average Bonchev–Trinajstić information content (AvgIpc) is 2.38. The van der Waals surface area contributed by atoms with E-state index in [0.29, 0.717) is 11.0 Å². The summed E-state index contributed by atoms with van der Waals surface area (Å²) in [5, 5.41) is 8.63. The third-order valence-electron chi connectivity index (χ3n) is 3.18. The van der Waals surface area contributed by atoms with Gasteiger partial charge in [-0.15, -0.1) is 0 Å². The predicted octanol–water partition coefficient (Wildman–Crippen LogP) is 2.23. The molecule has 0 radical (unpaired) electrons. The van der Waals surface area contributed by atoms with E-state index in [1.54, 1.807) is 6.07 Å². The summed E-state index contributed by atoms with van der Waals surface area (Å²) in [6.07, 6.45) is 0. The van der Waals surface area contributed by atoms with Gasteiger partial charge in [0, 0.05) is 32.7 Å². The van der Waals surface area contributed by atoms with Gasteiger partial charge >= 0.3 is 0 Å². The van der Waals surface area contributed by atoms with Crippen LogP contribution in [0.15, 0.2) is 22.7 Å². The molecule has 2 rings (SSSR count). The summed E-state index contributed by atoms with van der Waals surface area (Å²) in [4.78, 5) is 4.42. The molecular weight excluding hydrogens is 297 g/mol. The lowest BCUT2D eigenvalue weighted by atomic mass is 10.2. The van der Waals surface area contributed by atoms with Crippen molar-refractivity contribution < 1.29 is 4.39 Å². The molecule has 0 N–H and O–H groups in total. The second kappa shape index (κ2) is 6.28. The Hall–Kier alpha value is -0.960. The summed E-state index contributed by atoms with van der Waals surface area (Å²) in [5.74, 6) is -0.212. The van der Waals surface area contributed by atoms with Crippen molar-refractivity contribution in [3.05, 3.63) is 34.1 Å². The molecule has 0 bridgehead atoms. The van der Waals surface area contributed by atoms with Crippen molar-refractivity contribution in [2.75, 3.05) is 32.7 Å². The smallest absolute Gasteiger partial charge is 0.137 e. The monoisotopic (exact) mass is 311 g/mol. The summed E-state index contributed by atoms with van der Waals surface area (Å²) < 4.78 is 13.9.